The summed E-state index contributed by atoms with van der Waals surface area (Å²) in [4.78, 5) is 15.8. The molecule has 0 aliphatic heterocycles. The Morgan fingerprint density at radius 1 is 1.43 bits per heavy atom. The molecule has 0 N–H and O–H groups in total. The first-order valence-corrected chi connectivity index (χ1v) is 4.29. The van der Waals surface area contributed by atoms with Crippen LogP contribution in [0.5, 0.6) is 0 Å². The molecule has 1 aromatic carbocycles. The van der Waals surface area contributed by atoms with Crippen molar-refractivity contribution < 1.29 is 9.63 Å². The molecule has 3 nitrogen and oxygen atoms in total. The number of benzene rings is 1. The molecular formula is C11H10NO2. The first-order valence-electron chi connectivity index (χ1n) is 4.29. The summed E-state index contributed by atoms with van der Waals surface area (Å²) < 4.78 is 1.44. The maximum Gasteiger partial charge on any atom is 0.329 e. The smallest absolute Gasteiger partial charge is 0.329 e. The van der Waals surface area contributed by atoms with E-state index in [2.05, 4.69) is 6.92 Å². The number of carbonyl (C=O) groups is 1. The van der Waals surface area contributed by atoms with Gasteiger partial charge in [0.15, 0.2) is 0 Å². The van der Waals surface area contributed by atoms with Crippen molar-refractivity contribution in [1.82, 2.24) is 4.73 Å². The predicted octanol–water partition coefficient (Wildman–Crippen LogP) is 1.80. The van der Waals surface area contributed by atoms with E-state index in [-0.39, 0.29) is 5.97 Å². The maximum atomic E-state index is 10.8. The van der Waals surface area contributed by atoms with Crippen LogP contribution >= 0.6 is 0 Å². The summed E-state index contributed by atoms with van der Waals surface area (Å²) in [7, 11) is 0. The highest BCUT2D eigenvalue weighted by molar-refractivity contribution is 5.84. The van der Waals surface area contributed by atoms with Gasteiger partial charge in [0.2, 0.25) is 0 Å². The lowest BCUT2D eigenvalue weighted by Gasteiger charge is -2.01. The van der Waals surface area contributed by atoms with E-state index < -0.39 is 0 Å². The van der Waals surface area contributed by atoms with Crippen LogP contribution in [0.3, 0.4) is 0 Å². The van der Waals surface area contributed by atoms with Gasteiger partial charge in [0.25, 0.3) is 0 Å². The molecule has 0 aliphatic rings. The molecule has 0 unspecified atom stereocenters. The molecule has 0 saturated carbocycles. The number of hydrogen-bond acceptors (Lipinski definition) is 2. The van der Waals surface area contributed by atoms with Crippen LogP contribution in [-0.2, 0) is 4.79 Å². The van der Waals surface area contributed by atoms with Crippen molar-refractivity contribution in [2.75, 3.05) is 0 Å². The quantitative estimate of drug-likeness (QED) is 0.683. The fourth-order valence-corrected chi connectivity index (χ4v) is 1.43. The number of carbonyl (C=O) groups excluding carboxylic acids is 1. The number of para-hydroxylation sites is 1. The van der Waals surface area contributed by atoms with Gasteiger partial charge in [-0.1, -0.05) is 18.2 Å². The van der Waals surface area contributed by atoms with E-state index in [1.54, 1.807) is 6.20 Å². The first-order chi connectivity index (χ1) is 6.68. The minimum Gasteiger partial charge on any atom is -0.337 e. The summed E-state index contributed by atoms with van der Waals surface area (Å²) in [6, 6.07) is 7.64. The van der Waals surface area contributed by atoms with E-state index in [0.29, 0.717) is 0 Å². The van der Waals surface area contributed by atoms with E-state index >= 15 is 0 Å². The van der Waals surface area contributed by atoms with Crippen molar-refractivity contribution in [1.29, 1.82) is 0 Å². The predicted molar refractivity (Wildman–Crippen MR) is 53.7 cm³/mol. The molecule has 3 heteroatoms. The molecule has 71 valence electrons. The zero-order valence-corrected chi connectivity index (χ0v) is 7.86. The van der Waals surface area contributed by atoms with Crippen LogP contribution in [0.25, 0.3) is 10.9 Å². The molecule has 14 heavy (non-hydrogen) atoms. The zero-order valence-electron chi connectivity index (χ0n) is 7.86. The van der Waals surface area contributed by atoms with Crippen molar-refractivity contribution in [3.05, 3.63) is 42.9 Å². The molecule has 0 saturated heterocycles. The van der Waals surface area contributed by atoms with Crippen LogP contribution in [0.15, 0.2) is 30.5 Å². The first kappa shape index (κ1) is 8.81. The Morgan fingerprint density at radius 2 is 2.14 bits per heavy atom. The van der Waals surface area contributed by atoms with Crippen LogP contribution < -0.4 is 4.84 Å². The summed E-state index contributed by atoms with van der Waals surface area (Å²) in [6.45, 7) is 5.24. The van der Waals surface area contributed by atoms with E-state index in [9.17, 15) is 4.79 Å². The molecule has 1 aromatic heterocycles. The lowest BCUT2D eigenvalue weighted by Crippen LogP contribution is -2.14. The fraction of sp³-hybridized carbons (Fsp3) is 0.0909. The van der Waals surface area contributed by atoms with Crippen LogP contribution in [0.4, 0.5) is 0 Å². The van der Waals surface area contributed by atoms with Gasteiger partial charge in [-0.3, -0.25) is 0 Å². The number of fused-ring (bicyclic) bond motifs is 1. The Kier molecular flexibility index (Phi) is 2.00. The van der Waals surface area contributed by atoms with Crippen molar-refractivity contribution >= 4 is 16.9 Å². The highest BCUT2D eigenvalue weighted by atomic mass is 16.7. The van der Waals surface area contributed by atoms with Gasteiger partial charge in [-0.15, -0.1) is 0 Å². The molecule has 0 amide bonds. The minimum absolute atomic E-state index is 0.342. The van der Waals surface area contributed by atoms with Gasteiger partial charge < -0.3 is 4.84 Å². The standard InChI is InChI=1S/C11H10NO2/c1-8-7-12(14-9(2)13)11-6-4-3-5-10(8)11/h3-7H,1H2,2H3. The highest BCUT2D eigenvalue weighted by Crippen LogP contribution is 2.18. The van der Waals surface area contributed by atoms with E-state index in [1.165, 1.54) is 11.7 Å². The van der Waals surface area contributed by atoms with E-state index in [1.807, 2.05) is 24.3 Å². The lowest BCUT2D eigenvalue weighted by atomic mass is 10.2. The molecule has 2 aromatic rings. The van der Waals surface area contributed by atoms with Crippen molar-refractivity contribution in [3.8, 4) is 0 Å². The zero-order chi connectivity index (χ0) is 10.1. The molecule has 0 atom stereocenters. The van der Waals surface area contributed by atoms with Gasteiger partial charge in [-0.05, 0) is 18.6 Å². The second-order valence-corrected chi connectivity index (χ2v) is 3.08. The largest absolute Gasteiger partial charge is 0.337 e. The minimum atomic E-state index is -0.342. The summed E-state index contributed by atoms with van der Waals surface area (Å²) in [6.07, 6.45) is 1.70. The second-order valence-electron chi connectivity index (χ2n) is 3.08. The van der Waals surface area contributed by atoms with Crippen molar-refractivity contribution in [3.63, 3.8) is 0 Å². The SMILES string of the molecule is [CH2]c1cn(OC(C)=O)c2ccccc12. The summed E-state index contributed by atoms with van der Waals surface area (Å²) in [5.74, 6) is -0.342. The van der Waals surface area contributed by atoms with Crippen molar-refractivity contribution in [2.24, 2.45) is 0 Å². The maximum absolute atomic E-state index is 10.8. The molecular weight excluding hydrogens is 178 g/mol. The summed E-state index contributed by atoms with van der Waals surface area (Å²) in [5, 5.41) is 0.994. The molecule has 1 radical (unpaired) electrons. The molecule has 2 rings (SSSR count). The van der Waals surface area contributed by atoms with Crippen LogP contribution in [0, 0.1) is 6.92 Å². The second kappa shape index (κ2) is 3.18. The Bertz CT molecular complexity index is 485. The monoisotopic (exact) mass is 188 g/mol. The van der Waals surface area contributed by atoms with E-state index in [4.69, 9.17) is 4.84 Å². The Balaban J connectivity index is 2.60. The Morgan fingerprint density at radius 3 is 2.86 bits per heavy atom. The number of hydrogen-bond donors (Lipinski definition) is 0. The van der Waals surface area contributed by atoms with Gasteiger partial charge in [-0.25, -0.2) is 4.79 Å². The van der Waals surface area contributed by atoms with Crippen LogP contribution in [0.1, 0.15) is 12.5 Å². The van der Waals surface area contributed by atoms with Gasteiger partial charge >= 0.3 is 5.97 Å². The molecule has 0 aliphatic carbocycles. The molecule has 1 heterocycles. The van der Waals surface area contributed by atoms with Crippen molar-refractivity contribution in [2.45, 2.75) is 6.92 Å². The lowest BCUT2D eigenvalue weighted by molar-refractivity contribution is -0.140. The number of rotatable bonds is 1. The summed E-state index contributed by atoms with van der Waals surface area (Å²) >= 11 is 0. The van der Waals surface area contributed by atoms with Crippen LogP contribution in [-0.4, -0.2) is 10.7 Å². The number of aromatic nitrogens is 1. The van der Waals surface area contributed by atoms with Gasteiger partial charge in [0, 0.05) is 18.5 Å². The third-order valence-electron chi connectivity index (χ3n) is 1.99. The third kappa shape index (κ3) is 1.37. The van der Waals surface area contributed by atoms with Gasteiger partial charge in [0.05, 0.1) is 5.52 Å². The average molecular weight is 188 g/mol. The van der Waals surface area contributed by atoms with E-state index in [0.717, 1.165) is 16.5 Å². The fourth-order valence-electron chi connectivity index (χ4n) is 1.43. The van der Waals surface area contributed by atoms with Gasteiger partial charge in [0.1, 0.15) is 0 Å². The third-order valence-corrected chi connectivity index (χ3v) is 1.99. The normalized spacial score (nSPS) is 10.4. The molecule has 0 bridgehead atoms. The average Bonchev–Trinajstić information content (AvgIpc) is 2.44. The summed E-state index contributed by atoms with van der Waals surface area (Å²) in [5.41, 5.74) is 1.70. The molecule has 0 spiro atoms. The van der Waals surface area contributed by atoms with Gasteiger partial charge in [-0.2, -0.15) is 4.73 Å². The Labute approximate surface area is 81.9 Å². The Hall–Kier alpha value is -1.77. The highest BCUT2D eigenvalue weighted by Gasteiger charge is 2.06. The topological polar surface area (TPSA) is 31.2 Å². The number of nitrogens with zero attached hydrogens (tertiary/aromatic N) is 1. The van der Waals surface area contributed by atoms with Crippen LogP contribution in [0.2, 0.25) is 0 Å². The molecule has 0 fully saturated rings.